The fraction of sp³-hybridized carbons (Fsp3) is 0.647. The minimum atomic E-state index is -1.09. The third-order valence-corrected chi connectivity index (χ3v) is 6.13. The summed E-state index contributed by atoms with van der Waals surface area (Å²) in [5.74, 6) is 0.597. The van der Waals surface area contributed by atoms with Crippen molar-refractivity contribution in [2.24, 2.45) is 4.99 Å². The van der Waals surface area contributed by atoms with Gasteiger partial charge in [-0.15, -0.1) is 0 Å². The molecule has 1 aromatic rings. The molecule has 0 saturated heterocycles. The number of fused-ring (bicyclic) bond motifs is 1. The van der Waals surface area contributed by atoms with Crippen LogP contribution < -0.4 is 10.6 Å². The van der Waals surface area contributed by atoms with Gasteiger partial charge >= 0.3 is 0 Å². The highest BCUT2D eigenvalue weighted by molar-refractivity contribution is 9.10. The molecule has 1 amide bonds. The second-order valence-electron chi connectivity index (χ2n) is 8.67. The van der Waals surface area contributed by atoms with E-state index in [0.29, 0.717) is 6.73 Å². The Balaban J connectivity index is 2.01. The Morgan fingerprint density at radius 3 is 2.72 bits per heavy atom. The lowest BCUT2D eigenvalue weighted by Crippen LogP contribution is -2.55. The van der Waals surface area contributed by atoms with Crippen molar-refractivity contribution in [3.05, 3.63) is 12.3 Å². The third kappa shape index (κ3) is 5.69. The van der Waals surface area contributed by atoms with Crippen molar-refractivity contribution >= 4 is 47.6 Å². The molecule has 0 aromatic carbocycles. The number of anilines is 1. The van der Waals surface area contributed by atoms with E-state index in [4.69, 9.17) is 4.74 Å². The van der Waals surface area contributed by atoms with Gasteiger partial charge in [-0.1, -0.05) is 19.6 Å². The van der Waals surface area contributed by atoms with Crippen LogP contribution in [0, 0.1) is 0 Å². The number of aromatic nitrogens is 1. The number of hydrogen-bond donors (Lipinski definition) is 2. The molecule has 0 aliphatic carbocycles. The molecule has 0 saturated carbocycles. The molecule has 1 aromatic heterocycles. The van der Waals surface area contributed by atoms with Crippen molar-refractivity contribution in [1.29, 1.82) is 0 Å². The Morgan fingerprint density at radius 1 is 1.44 bits per heavy atom. The molecule has 0 spiro atoms. The van der Waals surface area contributed by atoms with Gasteiger partial charge in [0, 0.05) is 26.4 Å². The van der Waals surface area contributed by atoms with Gasteiger partial charge in [-0.05, 0) is 48.8 Å². The first-order valence-corrected chi connectivity index (χ1v) is 13.0. The maximum absolute atomic E-state index is 12.5. The summed E-state index contributed by atoms with van der Waals surface area (Å²) in [6.07, 6.45) is 3.51. The SMILES string of the molecule is CC(C)(C)NC(=O)C1(Br)C=Nc2c(ccn2COCC[Si](C)(C)C)N1. The van der Waals surface area contributed by atoms with E-state index in [-0.39, 0.29) is 11.4 Å². The molecule has 1 aliphatic rings. The number of carbonyl (C=O) groups excluding carboxylic acids is 1. The summed E-state index contributed by atoms with van der Waals surface area (Å²) >= 11 is 3.47. The number of ether oxygens (including phenoxy) is 1. The van der Waals surface area contributed by atoms with Crippen LogP contribution in [0.3, 0.4) is 0 Å². The van der Waals surface area contributed by atoms with Crippen LogP contribution >= 0.6 is 15.9 Å². The largest absolute Gasteiger partial charge is 0.361 e. The molecule has 2 heterocycles. The van der Waals surface area contributed by atoms with Crippen molar-refractivity contribution in [3.63, 3.8) is 0 Å². The molecule has 8 heteroatoms. The highest BCUT2D eigenvalue weighted by Crippen LogP contribution is 2.35. The summed E-state index contributed by atoms with van der Waals surface area (Å²) in [4.78, 5) is 17.0. The summed E-state index contributed by atoms with van der Waals surface area (Å²) in [6, 6.07) is 3.05. The fourth-order valence-corrected chi connectivity index (χ4v) is 3.45. The molecular weight excluding hydrogens is 400 g/mol. The first kappa shape index (κ1) is 20.2. The Morgan fingerprint density at radius 2 is 2.12 bits per heavy atom. The van der Waals surface area contributed by atoms with Gasteiger partial charge in [-0.2, -0.15) is 0 Å². The smallest absolute Gasteiger partial charge is 0.263 e. The Kier molecular flexibility index (Phi) is 5.85. The number of rotatable bonds is 6. The first-order chi connectivity index (χ1) is 11.4. The van der Waals surface area contributed by atoms with Crippen LogP contribution in [0.2, 0.25) is 25.7 Å². The van der Waals surface area contributed by atoms with E-state index >= 15 is 0 Å². The van der Waals surface area contributed by atoms with Crippen LogP contribution in [0.4, 0.5) is 11.5 Å². The van der Waals surface area contributed by atoms with E-state index in [1.807, 2.05) is 37.6 Å². The third-order valence-electron chi connectivity index (χ3n) is 3.66. The molecule has 140 valence electrons. The van der Waals surface area contributed by atoms with Crippen molar-refractivity contribution in [3.8, 4) is 0 Å². The number of aliphatic imine (C=N–C) groups is 1. The molecular formula is C17H29BrN4O2Si. The van der Waals surface area contributed by atoms with Crippen LogP contribution in [0.15, 0.2) is 17.3 Å². The minimum absolute atomic E-state index is 0.173. The van der Waals surface area contributed by atoms with E-state index in [0.717, 1.165) is 24.2 Å². The molecule has 1 aliphatic heterocycles. The molecule has 1 atom stereocenters. The Hall–Kier alpha value is -1.12. The second kappa shape index (κ2) is 7.24. The predicted octanol–water partition coefficient (Wildman–Crippen LogP) is 3.93. The number of carbonyl (C=O) groups is 1. The lowest BCUT2D eigenvalue weighted by atomic mass is 10.1. The number of hydrogen-bond acceptors (Lipinski definition) is 4. The molecule has 2 N–H and O–H groups in total. The standard InChI is InChI=1S/C17H29BrN4O2Si/c1-16(2,3)21-15(23)17(18)11-19-14-13(20-17)7-8-22(14)12-24-9-10-25(4,5)6/h7-8,11,20H,9-10,12H2,1-6H3,(H,21,23). The van der Waals surface area contributed by atoms with Crippen LogP contribution in [0.1, 0.15) is 20.8 Å². The number of amides is 1. The second-order valence-corrected chi connectivity index (χ2v) is 15.5. The molecule has 25 heavy (non-hydrogen) atoms. The monoisotopic (exact) mass is 428 g/mol. The zero-order valence-corrected chi connectivity index (χ0v) is 18.5. The number of halogens is 1. The Bertz CT molecular complexity index is 661. The van der Waals surface area contributed by atoms with E-state index in [1.165, 1.54) is 0 Å². The normalized spacial score (nSPS) is 20.1. The van der Waals surface area contributed by atoms with Crippen LogP contribution in [-0.2, 0) is 16.3 Å². The summed E-state index contributed by atoms with van der Waals surface area (Å²) in [5.41, 5.74) is 0.487. The first-order valence-electron chi connectivity index (χ1n) is 8.51. The minimum Gasteiger partial charge on any atom is -0.361 e. The van der Waals surface area contributed by atoms with E-state index in [9.17, 15) is 4.79 Å². The lowest BCUT2D eigenvalue weighted by molar-refractivity contribution is -0.122. The zero-order chi connectivity index (χ0) is 18.9. The topological polar surface area (TPSA) is 67.7 Å². The molecule has 0 bridgehead atoms. The van der Waals surface area contributed by atoms with Crippen molar-refractivity contribution < 1.29 is 9.53 Å². The summed E-state index contributed by atoms with van der Waals surface area (Å²) in [5, 5.41) is 6.17. The number of nitrogens with zero attached hydrogens (tertiary/aromatic N) is 2. The lowest BCUT2D eigenvalue weighted by Gasteiger charge is -2.31. The van der Waals surface area contributed by atoms with Gasteiger partial charge < -0.3 is 19.9 Å². The van der Waals surface area contributed by atoms with Gasteiger partial charge in [-0.3, -0.25) is 4.79 Å². The molecule has 0 fully saturated rings. The van der Waals surface area contributed by atoms with E-state index in [1.54, 1.807) is 6.21 Å². The highest BCUT2D eigenvalue weighted by atomic mass is 79.9. The van der Waals surface area contributed by atoms with Gasteiger partial charge in [0.1, 0.15) is 6.73 Å². The van der Waals surface area contributed by atoms with Gasteiger partial charge in [-0.25, -0.2) is 4.99 Å². The molecule has 0 radical (unpaired) electrons. The average molecular weight is 429 g/mol. The number of nitrogens with one attached hydrogen (secondary N) is 2. The summed E-state index contributed by atoms with van der Waals surface area (Å²) in [6.45, 7) is 14.1. The molecule has 6 nitrogen and oxygen atoms in total. The van der Waals surface area contributed by atoms with Crippen LogP contribution in [0.5, 0.6) is 0 Å². The Labute approximate surface area is 159 Å². The average Bonchev–Trinajstić information content (AvgIpc) is 2.82. The molecule has 1 unspecified atom stereocenters. The van der Waals surface area contributed by atoms with Crippen molar-refractivity contribution in [2.75, 3.05) is 11.9 Å². The van der Waals surface area contributed by atoms with Gasteiger partial charge in [0.25, 0.3) is 5.91 Å². The predicted molar refractivity (Wildman–Crippen MR) is 110 cm³/mol. The van der Waals surface area contributed by atoms with E-state index < -0.39 is 12.5 Å². The maximum Gasteiger partial charge on any atom is 0.263 e. The molecule has 2 rings (SSSR count). The fourth-order valence-electron chi connectivity index (χ4n) is 2.28. The van der Waals surface area contributed by atoms with Crippen molar-refractivity contribution in [2.45, 2.75) is 63.2 Å². The van der Waals surface area contributed by atoms with Crippen LogP contribution in [-0.4, -0.2) is 41.4 Å². The number of alkyl halides is 1. The quantitative estimate of drug-likeness (QED) is 0.312. The van der Waals surface area contributed by atoms with Crippen molar-refractivity contribution in [1.82, 2.24) is 9.88 Å². The maximum atomic E-state index is 12.5. The summed E-state index contributed by atoms with van der Waals surface area (Å²) in [7, 11) is -1.09. The van der Waals surface area contributed by atoms with E-state index in [2.05, 4.69) is 51.2 Å². The summed E-state index contributed by atoms with van der Waals surface area (Å²) < 4.78 is 6.69. The van der Waals surface area contributed by atoms with Crippen LogP contribution in [0.25, 0.3) is 0 Å². The highest BCUT2D eigenvalue weighted by Gasteiger charge is 2.39. The van der Waals surface area contributed by atoms with Gasteiger partial charge in [0.2, 0.25) is 4.45 Å². The van der Waals surface area contributed by atoms with Gasteiger partial charge in [0.05, 0.1) is 11.9 Å². The van der Waals surface area contributed by atoms with Gasteiger partial charge in [0.15, 0.2) is 5.82 Å². The zero-order valence-electron chi connectivity index (χ0n) is 15.9.